The van der Waals surface area contributed by atoms with Gasteiger partial charge >= 0.3 is 11.9 Å². The Morgan fingerprint density at radius 3 is 1.91 bits per heavy atom. The molecule has 0 atom stereocenters. The zero-order valence-electron chi connectivity index (χ0n) is 17.6. The highest BCUT2D eigenvalue weighted by Gasteiger charge is 2.13. The Labute approximate surface area is 192 Å². The van der Waals surface area contributed by atoms with Crippen LogP contribution in [0.15, 0.2) is 54.9 Å². The Morgan fingerprint density at radius 2 is 1.34 bits per heavy atom. The van der Waals surface area contributed by atoms with E-state index in [1.807, 2.05) is 38.1 Å². The summed E-state index contributed by atoms with van der Waals surface area (Å²) >= 11 is 5.86. The van der Waals surface area contributed by atoms with Gasteiger partial charge in [-0.05, 0) is 61.4 Å². The predicted octanol–water partition coefficient (Wildman–Crippen LogP) is 5.95. The molecule has 0 spiro atoms. The fourth-order valence-electron chi connectivity index (χ4n) is 3.25. The SMILES string of the molecule is C.COC(=O)c1cc(C)cc2cc(Cl)cnc12.COC(=O)c1cc(C)cc2cccnc12. The molecule has 4 aromatic rings. The third-order valence-electron chi connectivity index (χ3n) is 4.55. The summed E-state index contributed by atoms with van der Waals surface area (Å²) in [4.78, 5) is 31.4. The molecule has 0 unspecified atom stereocenters. The van der Waals surface area contributed by atoms with Gasteiger partial charge in [0.1, 0.15) is 0 Å². The summed E-state index contributed by atoms with van der Waals surface area (Å²) in [5, 5.41) is 2.35. The Morgan fingerprint density at radius 1 is 0.812 bits per heavy atom. The number of ether oxygens (including phenoxy) is 2. The van der Waals surface area contributed by atoms with Gasteiger partial charge in [-0.3, -0.25) is 9.97 Å². The maximum Gasteiger partial charge on any atom is 0.340 e. The van der Waals surface area contributed by atoms with Crippen molar-refractivity contribution < 1.29 is 19.1 Å². The van der Waals surface area contributed by atoms with Crippen LogP contribution in [0.1, 0.15) is 39.3 Å². The second kappa shape index (κ2) is 10.7. The molecule has 7 heteroatoms. The lowest BCUT2D eigenvalue weighted by molar-refractivity contribution is 0.0593. The van der Waals surface area contributed by atoms with Crippen molar-refractivity contribution in [1.29, 1.82) is 0 Å². The van der Waals surface area contributed by atoms with E-state index < -0.39 is 0 Å². The van der Waals surface area contributed by atoms with Crippen LogP contribution in [0.25, 0.3) is 21.8 Å². The molecule has 0 fully saturated rings. The van der Waals surface area contributed by atoms with Crippen LogP contribution in [0.5, 0.6) is 0 Å². The number of carbonyl (C=O) groups is 2. The number of fused-ring (bicyclic) bond motifs is 2. The third kappa shape index (κ3) is 5.39. The van der Waals surface area contributed by atoms with Crippen LogP contribution in [0.3, 0.4) is 0 Å². The van der Waals surface area contributed by atoms with Crippen molar-refractivity contribution in [2.75, 3.05) is 14.2 Å². The molecule has 2 aromatic heterocycles. The summed E-state index contributed by atoms with van der Waals surface area (Å²) in [5.74, 6) is -0.731. The van der Waals surface area contributed by atoms with Crippen LogP contribution in [-0.4, -0.2) is 36.1 Å². The Hall–Kier alpha value is -3.51. The molecule has 2 heterocycles. The highest BCUT2D eigenvalue weighted by Crippen LogP contribution is 2.23. The Balaban J connectivity index is 0.000000220. The first-order chi connectivity index (χ1) is 14.8. The second-order valence-corrected chi connectivity index (χ2v) is 7.34. The van der Waals surface area contributed by atoms with E-state index in [9.17, 15) is 9.59 Å². The first kappa shape index (κ1) is 24.8. The van der Waals surface area contributed by atoms with Crippen molar-refractivity contribution in [3.63, 3.8) is 0 Å². The first-order valence-corrected chi connectivity index (χ1v) is 9.79. The van der Waals surface area contributed by atoms with E-state index in [1.165, 1.54) is 20.4 Å². The average molecular weight is 453 g/mol. The molecule has 0 saturated carbocycles. The molecule has 2 aromatic carbocycles. The standard InChI is InChI=1S/C12H10ClNO2.C12H11NO2.CH4/c1-7-3-8-5-9(13)6-14-11(8)10(4-7)12(15)16-2;1-8-6-9-4-3-5-13-11(9)10(7-8)12(14)15-2;/h3-6H,1-2H3;3-7H,1-2H3;1H4. The molecule has 0 amide bonds. The number of carbonyl (C=O) groups excluding carboxylic acids is 2. The average Bonchev–Trinajstić information content (AvgIpc) is 2.76. The molecule has 0 bridgehead atoms. The number of pyridine rings is 2. The van der Waals surface area contributed by atoms with Crippen molar-refractivity contribution in [1.82, 2.24) is 9.97 Å². The molecular formula is C25H25ClN2O4. The minimum absolute atomic E-state index is 0. The smallest absolute Gasteiger partial charge is 0.340 e. The molecule has 32 heavy (non-hydrogen) atoms. The van der Waals surface area contributed by atoms with Gasteiger partial charge in [-0.25, -0.2) is 9.59 Å². The minimum Gasteiger partial charge on any atom is -0.465 e. The molecule has 166 valence electrons. The van der Waals surface area contributed by atoms with E-state index in [2.05, 4.69) is 9.97 Å². The van der Waals surface area contributed by atoms with Crippen LogP contribution in [0.4, 0.5) is 0 Å². The lowest BCUT2D eigenvalue weighted by atomic mass is 10.1. The molecule has 4 rings (SSSR count). The normalized spacial score (nSPS) is 10.0. The van der Waals surface area contributed by atoms with E-state index in [-0.39, 0.29) is 19.4 Å². The second-order valence-electron chi connectivity index (χ2n) is 6.91. The highest BCUT2D eigenvalue weighted by molar-refractivity contribution is 6.31. The van der Waals surface area contributed by atoms with Gasteiger partial charge in [-0.15, -0.1) is 0 Å². The van der Waals surface area contributed by atoms with Crippen molar-refractivity contribution in [2.24, 2.45) is 0 Å². The zero-order valence-corrected chi connectivity index (χ0v) is 18.4. The Bertz CT molecular complexity index is 1280. The van der Waals surface area contributed by atoms with Crippen molar-refractivity contribution in [3.8, 4) is 0 Å². The van der Waals surface area contributed by atoms with E-state index in [0.29, 0.717) is 27.2 Å². The minimum atomic E-state index is -0.386. The number of benzene rings is 2. The molecule has 0 saturated heterocycles. The van der Waals surface area contributed by atoms with Gasteiger partial charge in [0.15, 0.2) is 0 Å². The van der Waals surface area contributed by atoms with Crippen molar-refractivity contribution in [3.05, 3.63) is 82.1 Å². The van der Waals surface area contributed by atoms with Gasteiger partial charge in [0.25, 0.3) is 0 Å². The lowest BCUT2D eigenvalue weighted by Crippen LogP contribution is -2.03. The number of halogens is 1. The topological polar surface area (TPSA) is 78.4 Å². The highest BCUT2D eigenvalue weighted by atomic mass is 35.5. The van der Waals surface area contributed by atoms with Crippen LogP contribution >= 0.6 is 11.6 Å². The fraction of sp³-hybridized carbons (Fsp3) is 0.200. The molecular weight excluding hydrogens is 428 g/mol. The van der Waals surface area contributed by atoms with E-state index in [0.717, 1.165) is 21.9 Å². The van der Waals surface area contributed by atoms with Gasteiger partial charge in [-0.2, -0.15) is 0 Å². The number of esters is 2. The van der Waals surface area contributed by atoms with Gasteiger partial charge in [0.05, 0.1) is 41.4 Å². The van der Waals surface area contributed by atoms with Crippen LogP contribution < -0.4 is 0 Å². The molecule has 0 aliphatic carbocycles. The summed E-state index contributed by atoms with van der Waals surface area (Å²) in [7, 11) is 2.73. The zero-order chi connectivity index (χ0) is 22.5. The maximum absolute atomic E-state index is 11.6. The largest absolute Gasteiger partial charge is 0.465 e. The number of methoxy groups -OCH3 is 2. The van der Waals surface area contributed by atoms with Crippen molar-refractivity contribution in [2.45, 2.75) is 21.3 Å². The quantitative estimate of drug-likeness (QED) is 0.350. The van der Waals surface area contributed by atoms with E-state index in [4.69, 9.17) is 21.1 Å². The van der Waals surface area contributed by atoms with Crippen LogP contribution in [0.2, 0.25) is 5.02 Å². The van der Waals surface area contributed by atoms with Crippen LogP contribution in [-0.2, 0) is 9.47 Å². The number of aryl methyl sites for hydroxylation is 2. The number of aromatic nitrogens is 2. The number of nitrogens with zero attached hydrogens (tertiary/aromatic N) is 2. The van der Waals surface area contributed by atoms with Gasteiger partial charge in [0.2, 0.25) is 0 Å². The Kier molecular flexibility index (Phi) is 8.27. The lowest BCUT2D eigenvalue weighted by Gasteiger charge is -2.06. The number of hydrogen-bond acceptors (Lipinski definition) is 6. The monoisotopic (exact) mass is 452 g/mol. The van der Waals surface area contributed by atoms with Gasteiger partial charge in [-0.1, -0.05) is 25.1 Å². The number of rotatable bonds is 2. The first-order valence-electron chi connectivity index (χ1n) is 9.42. The summed E-state index contributed by atoms with van der Waals surface area (Å²) in [6.07, 6.45) is 3.19. The van der Waals surface area contributed by atoms with E-state index >= 15 is 0 Å². The molecule has 0 aliphatic rings. The summed E-state index contributed by atoms with van der Waals surface area (Å²) in [6, 6.07) is 13.0. The van der Waals surface area contributed by atoms with Crippen LogP contribution in [0, 0.1) is 13.8 Å². The fourth-order valence-corrected chi connectivity index (χ4v) is 3.41. The summed E-state index contributed by atoms with van der Waals surface area (Å²) in [6.45, 7) is 3.85. The maximum atomic E-state index is 11.6. The molecule has 0 N–H and O–H groups in total. The van der Waals surface area contributed by atoms with Gasteiger partial charge in [0, 0.05) is 23.2 Å². The number of hydrogen-bond donors (Lipinski definition) is 0. The summed E-state index contributed by atoms with van der Waals surface area (Å²) in [5.41, 5.74) is 4.28. The molecule has 0 radical (unpaired) electrons. The molecule has 6 nitrogen and oxygen atoms in total. The third-order valence-corrected chi connectivity index (χ3v) is 4.76. The van der Waals surface area contributed by atoms with E-state index in [1.54, 1.807) is 24.4 Å². The van der Waals surface area contributed by atoms with Gasteiger partial charge < -0.3 is 9.47 Å². The summed E-state index contributed by atoms with van der Waals surface area (Å²) < 4.78 is 9.44. The van der Waals surface area contributed by atoms with Crippen molar-refractivity contribution >= 4 is 45.3 Å². The molecule has 0 aliphatic heterocycles. The predicted molar refractivity (Wildman–Crippen MR) is 127 cm³/mol.